The first kappa shape index (κ1) is 18.0. The van der Waals surface area contributed by atoms with E-state index < -0.39 is 0 Å². The van der Waals surface area contributed by atoms with E-state index >= 15 is 0 Å². The Labute approximate surface area is 146 Å². The van der Waals surface area contributed by atoms with Crippen molar-refractivity contribution in [3.63, 3.8) is 0 Å². The van der Waals surface area contributed by atoms with Crippen molar-refractivity contribution < 1.29 is 14.3 Å². The Kier molecular flexibility index (Phi) is 6.13. The highest BCUT2D eigenvalue weighted by Crippen LogP contribution is 2.15. The van der Waals surface area contributed by atoms with Gasteiger partial charge in [0.1, 0.15) is 12.3 Å². The SMILES string of the molecule is CCN(CC(=O)Nc1ccc(OC)cc1)C(=O)c1ccc(C#N)cc1. The third kappa shape index (κ3) is 4.82. The molecule has 0 saturated heterocycles. The Morgan fingerprint density at radius 1 is 1.12 bits per heavy atom. The number of likely N-dealkylation sites (N-methyl/N-ethyl adjacent to an activating group) is 1. The molecule has 2 rings (SSSR count). The number of anilines is 1. The number of hydrogen-bond donors (Lipinski definition) is 1. The highest BCUT2D eigenvalue weighted by molar-refractivity contribution is 5.99. The lowest BCUT2D eigenvalue weighted by Crippen LogP contribution is -2.37. The highest BCUT2D eigenvalue weighted by atomic mass is 16.5. The predicted molar refractivity (Wildman–Crippen MR) is 94.4 cm³/mol. The fourth-order valence-electron chi connectivity index (χ4n) is 2.25. The van der Waals surface area contributed by atoms with Crippen LogP contribution in [0.3, 0.4) is 0 Å². The van der Waals surface area contributed by atoms with Crippen LogP contribution < -0.4 is 10.1 Å². The molecule has 6 heteroatoms. The molecule has 2 amide bonds. The summed E-state index contributed by atoms with van der Waals surface area (Å²) < 4.78 is 5.07. The Balaban J connectivity index is 2.00. The Bertz CT molecular complexity index is 777. The summed E-state index contributed by atoms with van der Waals surface area (Å²) in [5, 5.41) is 11.6. The third-order valence-corrected chi connectivity index (χ3v) is 3.64. The van der Waals surface area contributed by atoms with Gasteiger partial charge in [-0.2, -0.15) is 5.26 Å². The van der Waals surface area contributed by atoms with E-state index in [9.17, 15) is 9.59 Å². The van der Waals surface area contributed by atoms with Crippen molar-refractivity contribution in [2.24, 2.45) is 0 Å². The molecule has 128 valence electrons. The van der Waals surface area contributed by atoms with Gasteiger partial charge in [0.05, 0.1) is 18.7 Å². The van der Waals surface area contributed by atoms with Gasteiger partial charge in [0, 0.05) is 17.8 Å². The van der Waals surface area contributed by atoms with Crippen molar-refractivity contribution in [2.75, 3.05) is 25.5 Å². The second-order valence-corrected chi connectivity index (χ2v) is 5.29. The lowest BCUT2D eigenvalue weighted by molar-refractivity contribution is -0.116. The molecule has 0 unspecified atom stereocenters. The number of nitriles is 1. The van der Waals surface area contributed by atoms with Gasteiger partial charge in [0.15, 0.2) is 0 Å². The average molecular weight is 337 g/mol. The minimum absolute atomic E-state index is 0.0542. The average Bonchev–Trinajstić information content (AvgIpc) is 2.66. The summed E-state index contributed by atoms with van der Waals surface area (Å²) in [6.07, 6.45) is 0. The molecule has 0 aliphatic heterocycles. The molecule has 0 atom stereocenters. The summed E-state index contributed by atoms with van der Waals surface area (Å²) in [6.45, 7) is 2.15. The number of nitrogens with zero attached hydrogens (tertiary/aromatic N) is 2. The van der Waals surface area contributed by atoms with Crippen LogP contribution >= 0.6 is 0 Å². The van der Waals surface area contributed by atoms with Crippen molar-refractivity contribution in [1.82, 2.24) is 4.90 Å². The van der Waals surface area contributed by atoms with Gasteiger partial charge in [-0.25, -0.2) is 0 Å². The van der Waals surface area contributed by atoms with E-state index in [0.717, 1.165) is 0 Å². The summed E-state index contributed by atoms with van der Waals surface area (Å²) in [5.74, 6) is 0.162. The standard InChI is InChI=1S/C19H19N3O3/c1-3-22(19(24)15-6-4-14(12-20)5-7-15)13-18(23)21-16-8-10-17(25-2)11-9-16/h4-11H,3,13H2,1-2H3,(H,21,23). The summed E-state index contributed by atoms with van der Waals surface area (Å²) >= 11 is 0. The molecule has 6 nitrogen and oxygen atoms in total. The maximum atomic E-state index is 12.5. The predicted octanol–water partition coefficient (Wildman–Crippen LogP) is 2.67. The maximum absolute atomic E-state index is 12.5. The molecule has 1 N–H and O–H groups in total. The van der Waals surface area contributed by atoms with Crippen molar-refractivity contribution >= 4 is 17.5 Å². The van der Waals surface area contributed by atoms with Crippen LogP contribution in [0.4, 0.5) is 5.69 Å². The second-order valence-electron chi connectivity index (χ2n) is 5.29. The van der Waals surface area contributed by atoms with Crippen LogP contribution in [-0.2, 0) is 4.79 Å². The number of carbonyl (C=O) groups excluding carboxylic acids is 2. The quantitative estimate of drug-likeness (QED) is 0.878. The smallest absolute Gasteiger partial charge is 0.254 e. The van der Waals surface area contributed by atoms with E-state index in [1.54, 1.807) is 55.6 Å². The number of rotatable bonds is 6. The molecular weight excluding hydrogens is 318 g/mol. The van der Waals surface area contributed by atoms with Gasteiger partial charge in [-0.1, -0.05) is 0 Å². The van der Waals surface area contributed by atoms with Crippen LogP contribution in [-0.4, -0.2) is 36.9 Å². The number of methoxy groups -OCH3 is 1. The van der Waals surface area contributed by atoms with Gasteiger partial charge in [-0.15, -0.1) is 0 Å². The number of nitrogens with one attached hydrogen (secondary N) is 1. The molecule has 0 heterocycles. The molecule has 25 heavy (non-hydrogen) atoms. The summed E-state index contributed by atoms with van der Waals surface area (Å²) in [5.41, 5.74) is 1.56. The van der Waals surface area contributed by atoms with Gasteiger partial charge < -0.3 is 15.0 Å². The largest absolute Gasteiger partial charge is 0.497 e. The Morgan fingerprint density at radius 3 is 2.28 bits per heavy atom. The number of hydrogen-bond acceptors (Lipinski definition) is 4. The van der Waals surface area contributed by atoms with Gasteiger partial charge in [-0.3, -0.25) is 9.59 Å². The van der Waals surface area contributed by atoms with E-state index in [1.165, 1.54) is 4.90 Å². The van der Waals surface area contributed by atoms with Crippen molar-refractivity contribution in [2.45, 2.75) is 6.92 Å². The number of benzene rings is 2. The molecular formula is C19H19N3O3. The summed E-state index contributed by atoms with van der Waals surface area (Å²) in [6, 6.07) is 15.3. The molecule has 2 aromatic rings. The number of carbonyl (C=O) groups is 2. The molecule has 0 radical (unpaired) electrons. The zero-order valence-corrected chi connectivity index (χ0v) is 14.2. The molecule has 0 aliphatic carbocycles. The molecule has 0 saturated carbocycles. The minimum atomic E-state index is -0.283. The van der Waals surface area contributed by atoms with Gasteiger partial charge >= 0.3 is 0 Å². The zero-order chi connectivity index (χ0) is 18.2. The van der Waals surface area contributed by atoms with Gasteiger partial charge in [0.25, 0.3) is 5.91 Å². The fourth-order valence-corrected chi connectivity index (χ4v) is 2.25. The Morgan fingerprint density at radius 2 is 1.76 bits per heavy atom. The summed E-state index contributed by atoms with van der Waals surface area (Å²) in [7, 11) is 1.57. The summed E-state index contributed by atoms with van der Waals surface area (Å²) in [4.78, 5) is 26.1. The molecule has 0 fully saturated rings. The van der Waals surface area contributed by atoms with Crippen LogP contribution in [0, 0.1) is 11.3 Å². The molecule has 0 spiro atoms. The molecule has 0 bridgehead atoms. The zero-order valence-electron chi connectivity index (χ0n) is 14.2. The van der Waals surface area contributed by atoms with Gasteiger partial charge in [-0.05, 0) is 55.5 Å². The first-order chi connectivity index (χ1) is 12.1. The van der Waals surface area contributed by atoms with Crippen LogP contribution in [0.2, 0.25) is 0 Å². The second kappa shape index (κ2) is 8.50. The van der Waals surface area contributed by atoms with Crippen LogP contribution in [0.5, 0.6) is 5.75 Å². The maximum Gasteiger partial charge on any atom is 0.254 e. The lowest BCUT2D eigenvalue weighted by atomic mass is 10.1. The number of ether oxygens (including phenoxy) is 1. The molecule has 0 aliphatic rings. The first-order valence-corrected chi connectivity index (χ1v) is 7.80. The monoisotopic (exact) mass is 337 g/mol. The van der Waals surface area contributed by atoms with E-state index in [0.29, 0.717) is 29.1 Å². The minimum Gasteiger partial charge on any atom is -0.497 e. The molecule has 0 aromatic heterocycles. The van der Waals surface area contributed by atoms with E-state index in [2.05, 4.69) is 5.32 Å². The fraction of sp³-hybridized carbons (Fsp3) is 0.211. The molecule has 2 aromatic carbocycles. The highest BCUT2D eigenvalue weighted by Gasteiger charge is 2.17. The van der Waals surface area contributed by atoms with Crippen molar-refractivity contribution in [1.29, 1.82) is 5.26 Å². The van der Waals surface area contributed by atoms with Crippen LogP contribution in [0.15, 0.2) is 48.5 Å². The Hall–Kier alpha value is -3.33. The normalized spacial score (nSPS) is 9.80. The van der Waals surface area contributed by atoms with Crippen LogP contribution in [0.25, 0.3) is 0 Å². The van der Waals surface area contributed by atoms with Crippen molar-refractivity contribution in [3.05, 3.63) is 59.7 Å². The van der Waals surface area contributed by atoms with Gasteiger partial charge in [0.2, 0.25) is 5.91 Å². The van der Waals surface area contributed by atoms with E-state index in [4.69, 9.17) is 10.00 Å². The van der Waals surface area contributed by atoms with E-state index in [-0.39, 0.29) is 18.4 Å². The van der Waals surface area contributed by atoms with Crippen molar-refractivity contribution in [3.8, 4) is 11.8 Å². The van der Waals surface area contributed by atoms with Crippen LogP contribution in [0.1, 0.15) is 22.8 Å². The lowest BCUT2D eigenvalue weighted by Gasteiger charge is -2.20. The topological polar surface area (TPSA) is 82.4 Å². The number of amides is 2. The third-order valence-electron chi connectivity index (χ3n) is 3.64. The van der Waals surface area contributed by atoms with E-state index in [1.807, 2.05) is 13.0 Å². The first-order valence-electron chi connectivity index (χ1n) is 7.80.